The first-order valence-electron chi connectivity index (χ1n) is 7.67. The number of nitrogens with zero attached hydrogens (tertiary/aromatic N) is 2. The average Bonchev–Trinajstić information content (AvgIpc) is 2.90. The Kier molecular flexibility index (Phi) is 3.99. The van der Waals surface area contributed by atoms with E-state index in [1.807, 2.05) is 6.07 Å². The van der Waals surface area contributed by atoms with E-state index in [2.05, 4.69) is 37.9 Å². The Hall–Kier alpha value is -1.41. The van der Waals surface area contributed by atoms with E-state index in [9.17, 15) is 0 Å². The van der Waals surface area contributed by atoms with Gasteiger partial charge < -0.3 is 0 Å². The van der Waals surface area contributed by atoms with Gasteiger partial charge in [0.2, 0.25) is 0 Å². The number of rotatable bonds is 2. The minimum atomic E-state index is 0.551. The Morgan fingerprint density at radius 1 is 0.952 bits per heavy atom. The van der Waals surface area contributed by atoms with Crippen molar-refractivity contribution in [1.82, 2.24) is 9.97 Å². The lowest BCUT2D eigenvalue weighted by Crippen LogP contribution is -2.02. The second-order valence-electron chi connectivity index (χ2n) is 6.19. The summed E-state index contributed by atoms with van der Waals surface area (Å²) in [6, 6.07) is 6.31. The summed E-state index contributed by atoms with van der Waals surface area (Å²) < 4.78 is 0. The van der Waals surface area contributed by atoms with Crippen LogP contribution in [0.3, 0.4) is 0 Å². The number of hydrogen-bond acceptors (Lipinski definition) is 2. The molecule has 1 heterocycles. The molecule has 1 saturated carbocycles. The molecule has 0 spiro atoms. The number of aryl methyl sites for hydroxylation is 3. The number of hydrogen-bond donors (Lipinski definition) is 0. The molecule has 3 heteroatoms. The molecular formula is C18H21ClN2. The predicted octanol–water partition coefficient (Wildman–Crippen LogP) is 5.38. The summed E-state index contributed by atoms with van der Waals surface area (Å²) >= 11 is 6.26. The second kappa shape index (κ2) is 5.76. The van der Waals surface area contributed by atoms with Gasteiger partial charge in [0.05, 0.1) is 0 Å². The minimum Gasteiger partial charge on any atom is -0.233 e. The van der Waals surface area contributed by atoms with Crippen LogP contribution in [0.1, 0.15) is 54.0 Å². The Labute approximate surface area is 131 Å². The maximum atomic E-state index is 6.26. The van der Waals surface area contributed by atoms with Gasteiger partial charge in [0.15, 0.2) is 5.82 Å². The molecule has 0 saturated heterocycles. The van der Waals surface area contributed by atoms with Gasteiger partial charge in [0.1, 0.15) is 5.15 Å². The molecule has 2 aromatic rings. The molecular weight excluding hydrogens is 280 g/mol. The molecule has 0 amide bonds. The van der Waals surface area contributed by atoms with Crippen LogP contribution in [0.25, 0.3) is 11.4 Å². The lowest BCUT2D eigenvalue weighted by atomic mass is 9.98. The van der Waals surface area contributed by atoms with Crippen LogP contribution in [-0.4, -0.2) is 9.97 Å². The maximum Gasteiger partial charge on any atom is 0.161 e. The third-order valence-corrected chi connectivity index (χ3v) is 4.58. The molecule has 2 nitrogen and oxygen atoms in total. The lowest BCUT2D eigenvalue weighted by molar-refractivity contribution is 0.695. The van der Waals surface area contributed by atoms with Crippen molar-refractivity contribution in [2.75, 3.05) is 0 Å². The number of aromatic nitrogens is 2. The lowest BCUT2D eigenvalue weighted by Gasteiger charge is -2.14. The Bertz CT molecular complexity index is 650. The quantitative estimate of drug-likeness (QED) is 0.696. The van der Waals surface area contributed by atoms with Gasteiger partial charge in [-0.15, -0.1) is 0 Å². The fraction of sp³-hybridized carbons (Fsp3) is 0.444. The van der Waals surface area contributed by atoms with Crippen LogP contribution in [0.2, 0.25) is 5.15 Å². The average molecular weight is 301 g/mol. The van der Waals surface area contributed by atoms with E-state index < -0.39 is 0 Å². The molecule has 0 bridgehead atoms. The van der Waals surface area contributed by atoms with Crippen LogP contribution < -0.4 is 0 Å². The van der Waals surface area contributed by atoms with Crippen molar-refractivity contribution in [3.05, 3.63) is 45.7 Å². The van der Waals surface area contributed by atoms with Crippen molar-refractivity contribution in [1.29, 1.82) is 0 Å². The SMILES string of the molecule is Cc1cc(C)c(-c2nc(Cl)cc(C3CCCC3)n2)c(C)c1. The van der Waals surface area contributed by atoms with Gasteiger partial charge in [-0.25, -0.2) is 9.97 Å². The summed E-state index contributed by atoms with van der Waals surface area (Å²) in [6.45, 7) is 6.36. The van der Waals surface area contributed by atoms with E-state index in [4.69, 9.17) is 16.6 Å². The minimum absolute atomic E-state index is 0.551. The Balaban J connectivity index is 2.10. The van der Waals surface area contributed by atoms with Crippen molar-refractivity contribution >= 4 is 11.6 Å². The summed E-state index contributed by atoms with van der Waals surface area (Å²) in [5, 5.41) is 0.557. The Morgan fingerprint density at radius 3 is 2.19 bits per heavy atom. The maximum absolute atomic E-state index is 6.26. The largest absolute Gasteiger partial charge is 0.233 e. The molecule has 110 valence electrons. The molecule has 3 rings (SSSR count). The van der Waals surface area contributed by atoms with Crippen LogP contribution >= 0.6 is 11.6 Å². The summed E-state index contributed by atoms with van der Waals surface area (Å²) in [5.41, 5.74) is 5.94. The molecule has 0 unspecified atom stereocenters. The third kappa shape index (κ3) is 2.96. The fourth-order valence-electron chi connectivity index (χ4n) is 3.51. The van der Waals surface area contributed by atoms with Crippen molar-refractivity contribution in [2.24, 2.45) is 0 Å². The molecule has 1 aromatic carbocycles. The highest BCUT2D eigenvalue weighted by atomic mass is 35.5. The normalized spacial score (nSPS) is 15.6. The number of benzene rings is 1. The van der Waals surface area contributed by atoms with Crippen LogP contribution in [0.15, 0.2) is 18.2 Å². The van der Waals surface area contributed by atoms with Gasteiger partial charge in [0, 0.05) is 17.2 Å². The molecule has 1 aliphatic rings. The first-order valence-corrected chi connectivity index (χ1v) is 8.05. The van der Waals surface area contributed by atoms with E-state index in [1.54, 1.807) is 0 Å². The van der Waals surface area contributed by atoms with Gasteiger partial charge >= 0.3 is 0 Å². The standard InChI is InChI=1S/C18H21ClN2/c1-11-8-12(2)17(13(3)9-11)18-20-15(10-16(19)21-18)14-6-4-5-7-14/h8-10,14H,4-7H2,1-3H3. The molecule has 0 atom stereocenters. The molecule has 0 aliphatic heterocycles. The highest BCUT2D eigenvalue weighted by molar-refractivity contribution is 6.29. The molecule has 0 N–H and O–H groups in total. The zero-order valence-corrected chi connectivity index (χ0v) is 13.7. The second-order valence-corrected chi connectivity index (χ2v) is 6.58. The van der Waals surface area contributed by atoms with Gasteiger partial charge in [-0.2, -0.15) is 0 Å². The van der Waals surface area contributed by atoms with E-state index in [0.29, 0.717) is 11.1 Å². The summed E-state index contributed by atoms with van der Waals surface area (Å²) in [4.78, 5) is 9.32. The van der Waals surface area contributed by atoms with Crippen molar-refractivity contribution in [3.8, 4) is 11.4 Å². The summed E-state index contributed by atoms with van der Waals surface area (Å²) in [6.07, 6.45) is 5.03. The Morgan fingerprint density at radius 2 is 1.57 bits per heavy atom. The van der Waals surface area contributed by atoms with Crippen LogP contribution in [0.5, 0.6) is 0 Å². The van der Waals surface area contributed by atoms with Gasteiger partial charge in [-0.1, -0.05) is 42.1 Å². The molecule has 1 aliphatic carbocycles. The summed E-state index contributed by atoms with van der Waals surface area (Å²) in [7, 11) is 0. The van der Waals surface area contributed by atoms with Gasteiger partial charge in [-0.3, -0.25) is 0 Å². The topological polar surface area (TPSA) is 25.8 Å². The molecule has 1 aromatic heterocycles. The smallest absolute Gasteiger partial charge is 0.161 e. The monoisotopic (exact) mass is 300 g/mol. The van der Waals surface area contributed by atoms with E-state index >= 15 is 0 Å². The molecule has 0 radical (unpaired) electrons. The first kappa shape index (κ1) is 14.5. The first-order chi connectivity index (χ1) is 10.0. The highest BCUT2D eigenvalue weighted by Gasteiger charge is 2.21. The van der Waals surface area contributed by atoms with E-state index in [-0.39, 0.29) is 0 Å². The van der Waals surface area contributed by atoms with Gasteiger partial charge in [0.25, 0.3) is 0 Å². The van der Waals surface area contributed by atoms with E-state index in [0.717, 1.165) is 17.1 Å². The van der Waals surface area contributed by atoms with E-state index in [1.165, 1.54) is 42.4 Å². The zero-order valence-electron chi connectivity index (χ0n) is 12.9. The highest BCUT2D eigenvalue weighted by Crippen LogP contribution is 2.35. The third-order valence-electron chi connectivity index (χ3n) is 4.39. The van der Waals surface area contributed by atoms with Crippen LogP contribution in [0.4, 0.5) is 0 Å². The van der Waals surface area contributed by atoms with Crippen molar-refractivity contribution in [2.45, 2.75) is 52.4 Å². The summed E-state index contributed by atoms with van der Waals surface area (Å²) in [5.74, 6) is 1.33. The van der Waals surface area contributed by atoms with Crippen LogP contribution in [0, 0.1) is 20.8 Å². The fourth-order valence-corrected chi connectivity index (χ4v) is 3.70. The molecule has 1 fully saturated rings. The molecule has 21 heavy (non-hydrogen) atoms. The number of halogens is 1. The van der Waals surface area contributed by atoms with Crippen molar-refractivity contribution < 1.29 is 0 Å². The predicted molar refractivity (Wildman–Crippen MR) is 87.9 cm³/mol. The van der Waals surface area contributed by atoms with Crippen molar-refractivity contribution in [3.63, 3.8) is 0 Å². The van der Waals surface area contributed by atoms with Gasteiger partial charge in [-0.05, 0) is 50.8 Å². The van der Waals surface area contributed by atoms with Crippen LogP contribution in [-0.2, 0) is 0 Å². The zero-order chi connectivity index (χ0) is 15.0.